The molecule has 2 saturated carbocycles. The highest BCUT2D eigenvalue weighted by Gasteiger charge is 2.42. The summed E-state index contributed by atoms with van der Waals surface area (Å²) in [5.74, 6) is 0.338. The first-order valence-corrected chi connectivity index (χ1v) is 7.11. The molecule has 0 aromatic carbocycles. The number of nitriles is 1. The van der Waals surface area contributed by atoms with Gasteiger partial charge in [0.2, 0.25) is 11.0 Å². The van der Waals surface area contributed by atoms with Crippen LogP contribution in [0.5, 0.6) is 0 Å². The largest absolute Gasteiger partial charge is 0.299 e. The Morgan fingerprint density at radius 1 is 1.39 bits per heavy atom. The molecule has 0 unspecified atom stereocenters. The second-order valence-corrected chi connectivity index (χ2v) is 6.08. The fourth-order valence-corrected chi connectivity index (χ4v) is 3.27. The lowest BCUT2D eigenvalue weighted by Crippen LogP contribution is -2.32. The first-order chi connectivity index (χ1) is 8.73. The van der Waals surface area contributed by atoms with Gasteiger partial charge in [-0.25, -0.2) is 0 Å². The number of aromatic nitrogens is 2. The molecule has 0 radical (unpaired) electrons. The molecule has 5 nitrogen and oxygen atoms in total. The van der Waals surface area contributed by atoms with Crippen LogP contribution in [0, 0.1) is 16.7 Å². The molecular formula is C12H14N4OS. The highest BCUT2D eigenvalue weighted by molar-refractivity contribution is 7.15. The molecule has 0 bridgehead atoms. The van der Waals surface area contributed by atoms with Crippen molar-refractivity contribution >= 4 is 22.4 Å². The molecule has 0 spiro atoms. The Bertz CT molecular complexity index is 508. The second-order valence-electron chi connectivity index (χ2n) is 5.07. The molecule has 0 saturated heterocycles. The maximum Gasteiger partial charge on any atom is 0.246 e. The highest BCUT2D eigenvalue weighted by atomic mass is 32.1. The SMILES string of the molecule is N#CC1(C(=O)Nc2nnc(C3CC3)s2)CCCC1. The maximum atomic E-state index is 12.2. The fourth-order valence-electron chi connectivity index (χ4n) is 2.37. The van der Waals surface area contributed by atoms with Crippen LogP contribution in [-0.2, 0) is 4.79 Å². The highest BCUT2D eigenvalue weighted by Crippen LogP contribution is 2.43. The zero-order valence-electron chi connectivity index (χ0n) is 9.98. The van der Waals surface area contributed by atoms with Crippen LogP contribution in [0.3, 0.4) is 0 Å². The van der Waals surface area contributed by atoms with E-state index in [1.54, 1.807) is 0 Å². The molecule has 3 rings (SSSR count). The van der Waals surface area contributed by atoms with Gasteiger partial charge in [0.1, 0.15) is 10.4 Å². The number of rotatable bonds is 3. The van der Waals surface area contributed by atoms with Crippen molar-refractivity contribution in [2.24, 2.45) is 5.41 Å². The van der Waals surface area contributed by atoms with Crippen molar-refractivity contribution in [3.8, 4) is 6.07 Å². The third-order valence-corrected chi connectivity index (χ3v) is 4.69. The van der Waals surface area contributed by atoms with E-state index in [2.05, 4.69) is 21.6 Å². The van der Waals surface area contributed by atoms with Crippen LogP contribution in [0.15, 0.2) is 0 Å². The van der Waals surface area contributed by atoms with Crippen LogP contribution in [0.25, 0.3) is 0 Å². The van der Waals surface area contributed by atoms with E-state index >= 15 is 0 Å². The zero-order chi connectivity index (χ0) is 12.6. The van der Waals surface area contributed by atoms with Gasteiger partial charge < -0.3 is 0 Å². The summed E-state index contributed by atoms with van der Waals surface area (Å²) in [5.41, 5.74) is -0.842. The lowest BCUT2D eigenvalue weighted by atomic mass is 9.87. The minimum atomic E-state index is -0.842. The lowest BCUT2D eigenvalue weighted by Gasteiger charge is -2.17. The summed E-state index contributed by atoms with van der Waals surface area (Å²) in [4.78, 5) is 12.2. The summed E-state index contributed by atoms with van der Waals surface area (Å²) >= 11 is 1.44. The number of nitrogens with one attached hydrogen (secondary N) is 1. The van der Waals surface area contributed by atoms with E-state index < -0.39 is 5.41 Å². The van der Waals surface area contributed by atoms with E-state index in [4.69, 9.17) is 0 Å². The number of hydrogen-bond donors (Lipinski definition) is 1. The Balaban J connectivity index is 1.71. The van der Waals surface area contributed by atoms with Gasteiger partial charge in [-0.05, 0) is 25.7 Å². The van der Waals surface area contributed by atoms with Crippen molar-refractivity contribution in [3.05, 3.63) is 5.01 Å². The molecule has 6 heteroatoms. The molecule has 1 aromatic rings. The van der Waals surface area contributed by atoms with Crippen LogP contribution in [0.4, 0.5) is 5.13 Å². The average Bonchev–Trinajstić information content (AvgIpc) is 2.93. The van der Waals surface area contributed by atoms with Gasteiger partial charge in [0.05, 0.1) is 6.07 Å². The third kappa shape index (κ3) is 1.99. The number of amides is 1. The van der Waals surface area contributed by atoms with Crippen molar-refractivity contribution < 1.29 is 4.79 Å². The summed E-state index contributed by atoms with van der Waals surface area (Å²) in [6, 6.07) is 2.18. The molecule has 2 fully saturated rings. The number of anilines is 1. The topological polar surface area (TPSA) is 78.7 Å². The van der Waals surface area contributed by atoms with Gasteiger partial charge >= 0.3 is 0 Å². The molecule has 0 aliphatic heterocycles. The quantitative estimate of drug-likeness (QED) is 0.907. The molecule has 1 amide bonds. The lowest BCUT2D eigenvalue weighted by molar-refractivity contribution is -0.122. The Morgan fingerprint density at radius 3 is 2.72 bits per heavy atom. The molecule has 2 aliphatic carbocycles. The summed E-state index contributed by atoms with van der Waals surface area (Å²) < 4.78 is 0. The van der Waals surface area contributed by atoms with Gasteiger partial charge in [-0.2, -0.15) is 5.26 Å². The van der Waals surface area contributed by atoms with Crippen molar-refractivity contribution in [1.29, 1.82) is 5.26 Å². The molecular weight excluding hydrogens is 248 g/mol. The van der Waals surface area contributed by atoms with Crippen LogP contribution < -0.4 is 5.32 Å². The van der Waals surface area contributed by atoms with E-state index in [0.717, 1.165) is 17.8 Å². The van der Waals surface area contributed by atoms with Crippen molar-refractivity contribution in [2.75, 3.05) is 5.32 Å². The minimum absolute atomic E-state index is 0.207. The second kappa shape index (κ2) is 4.32. The molecule has 0 atom stereocenters. The number of nitrogens with zero attached hydrogens (tertiary/aromatic N) is 3. The Morgan fingerprint density at radius 2 is 2.11 bits per heavy atom. The van der Waals surface area contributed by atoms with Gasteiger partial charge in [-0.3, -0.25) is 10.1 Å². The van der Waals surface area contributed by atoms with Crippen LogP contribution >= 0.6 is 11.3 Å². The standard InChI is InChI=1S/C12H14N4OS/c13-7-12(5-1-2-6-12)10(17)14-11-16-15-9(18-11)8-3-4-8/h8H,1-6H2,(H,14,16,17). The van der Waals surface area contributed by atoms with Crippen molar-refractivity contribution in [3.63, 3.8) is 0 Å². The molecule has 1 heterocycles. The normalized spacial score (nSPS) is 21.5. The number of carbonyl (C=O) groups is 1. The first-order valence-electron chi connectivity index (χ1n) is 6.30. The van der Waals surface area contributed by atoms with Crippen molar-refractivity contribution in [1.82, 2.24) is 10.2 Å². The predicted molar refractivity (Wildman–Crippen MR) is 67.0 cm³/mol. The van der Waals surface area contributed by atoms with Crippen LogP contribution in [-0.4, -0.2) is 16.1 Å². The first kappa shape index (κ1) is 11.6. The minimum Gasteiger partial charge on any atom is -0.299 e. The summed E-state index contributed by atoms with van der Waals surface area (Å²) in [6.07, 6.45) is 5.55. The Hall–Kier alpha value is -1.48. The monoisotopic (exact) mass is 262 g/mol. The van der Waals surface area contributed by atoms with E-state index in [9.17, 15) is 10.1 Å². The Labute approximate surface area is 109 Å². The van der Waals surface area contributed by atoms with Gasteiger partial charge in [0.25, 0.3) is 0 Å². The van der Waals surface area contributed by atoms with Gasteiger partial charge in [0, 0.05) is 5.92 Å². The number of carbonyl (C=O) groups excluding carboxylic acids is 1. The van der Waals surface area contributed by atoms with E-state index in [1.807, 2.05) is 0 Å². The predicted octanol–water partition coefficient (Wildman–Crippen LogP) is 2.44. The Kier molecular flexibility index (Phi) is 2.78. The smallest absolute Gasteiger partial charge is 0.246 e. The molecule has 1 N–H and O–H groups in total. The zero-order valence-corrected chi connectivity index (χ0v) is 10.8. The molecule has 1 aromatic heterocycles. The average molecular weight is 262 g/mol. The third-order valence-electron chi connectivity index (χ3n) is 3.69. The maximum absolute atomic E-state index is 12.2. The summed E-state index contributed by atoms with van der Waals surface area (Å²) in [6.45, 7) is 0. The van der Waals surface area contributed by atoms with Crippen LogP contribution in [0.1, 0.15) is 49.5 Å². The van der Waals surface area contributed by atoms with Gasteiger partial charge in [-0.15, -0.1) is 10.2 Å². The van der Waals surface area contributed by atoms with Gasteiger partial charge in [0.15, 0.2) is 0 Å². The molecule has 94 valence electrons. The molecule has 2 aliphatic rings. The fraction of sp³-hybridized carbons (Fsp3) is 0.667. The van der Waals surface area contributed by atoms with Gasteiger partial charge in [-0.1, -0.05) is 24.2 Å². The van der Waals surface area contributed by atoms with E-state index in [0.29, 0.717) is 23.9 Å². The van der Waals surface area contributed by atoms with E-state index in [-0.39, 0.29) is 5.91 Å². The molecule has 18 heavy (non-hydrogen) atoms. The summed E-state index contributed by atoms with van der Waals surface area (Å²) in [5, 5.41) is 21.6. The summed E-state index contributed by atoms with van der Waals surface area (Å²) in [7, 11) is 0. The van der Waals surface area contributed by atoms with Crippen molar-refractivity contribution in [2.45, 2.75) is 44.4 Å². The van der Waals surface area contributed by atoms with Crippen LogP contribution in [0.2, 0.25) is 0 Å². The number of hydrogen-bond acceptors (Lipinski definition) is 5. The van der Waals surface area contributed by atoms with E-state index in [1.165, 1.54) is 24.2 Å².